The molecule has 0 saturated carbocycles. The van der Waals surface area contributed by atoms with Gasteiger partial charge in [0.15, 0.2) is 11.5 Å². The van der Waals surface area contributed by atoms with Gasteiger partial charge in [-0.15, -0.1) is 0 Å². The van der Waals surface area contributed by atoms with Crippen LogP contribution in [0.15, 0.2) is 12.1 Å². The third kappa shape index (κ3) is 5.02. The van der Waals surface area contributed by atoms with Crippen LogP contribution in [0.25, 0.3) is 0 Å². The number of rotatable bonds is 8. The number of benzene rings is 1. The first-order valence-electron chi connectivity index (χ1n) is 7.87. The van der Waals surface area contributed by atoms with E-state index < -0.39 is 0 Å². The van der Waals surface area contributed by atoms with Crippen molar-refractivity contribution in [2.24, 2.45) is 0 Å². The number of methoxy groups -OCH3 is 1. The van der Waals surface area contributed by atoms with Crippen LogP contribution in [0.4, 0.5) is 0 Å². The van der Waals surface area contributed by atoms with Crippen molar-refractivity contribution in [2.75, 3.05) is 53.0 Å². The molecule has 5 nitrogen and oxygen atoms in total. The number of nitrogens with one attached hydrogen (secondary N) is 2. The summed E-state index contributed by atoms with van der Waals surface area (Å²) < 4.78 is 10.9. The molecule has 0 spiro atoms. The van der Waals surface area contributed by atoms with E-state index in [-0.39, 0.29) is 0 Å². The Labute approximate surface area is 137 Å². The molecule has 0 radical (unpaired) electrons. The molecule has 1 aromatic carbocycles. The molecule has 1 saturated heterocycles. The predicted octanol–water partition coefficient (Wildman–Crippen LogP) is 1.74. The molecule has 124 valence electrons. The van der Waals surface area contributed by atoms with Gasteiger partial charge < -0.3 is 20.1 Å². The van der Waals surface area contributed by atoms with Gasteiger partial charge in [0.25, 0.3) is 0 Å². The van der Waals surface area contributed by atoms with Gasteiger partial charge in [-0.3, -0.25) is 4.90 Å². The van der Waals surface area contributed by atoms with Gasteiger partial charge in [-0.05, 0) is 24.6 Å². The van der Waals surface area contributed by atoms with Crippen molar-refractivity contribution in [1.29, 1.82) is 0 Å². The van der Waals surface area contributed by atoms with Gasteiger partial charge in [0.1, 0.15) is 0 Å². The van der Waals surface area contributed by atoms with Gasteiger partial charge in [0.05, 0.1) is 18.7 Å². The second kappa shape index (κ2) is 9.20. The minimum atomic E-state index is 0.590. The highest BCUT2D eigenvalue weighted by atomic mass is 35.5. The van der Waals surface area contributed by atoms with E-state index >= 15 is 0 Å². The molecule has 0 amide bonds. The molecule has 1 fully saturated rings. The van der Waals surface area contributed by atoms with E-state index in [1.165, 1.54) is 0 Å². The zero-order chi connectivity index (χ0) is 15.8. The Kier molecular flexibility index (Phi) is 7.25. The van der Waals surface area contributed by atoms with Gasteiger partial charge in [0.2, 0.25) is 0 Å². The van der Waals surface area contributed by atoms with Gasteiger partial charge in [-0.1, -0.05) is 11.6 Å². The Morgan fingerprint density at radius 3 is 2.77 bits per heavy atom. The maximum Gasteiger partial charge on any atom is 0.179 e. The van der Waals surface area contributed by atoms with Crippen LogP contribution in [0.5, 0.6) is 11.5 Å². The molecule has 0 aliphatic carbocycles. The molecule has 22 heavy (non-hydrogen) atoms. The van der Waals surface area contributed by atoms with E-state index in [9.17, 15) is 0 Å². The fourth-order valence-corrected chi connectivity index (χ4v) is 2.90. The molecular weight excluding hydrogens is 302 g/mol. The largest absolute Gasteiger partial charge is 0.491 e. The molecule has 2 rings (SSSR count). The lowest BCUT2D eigenvalue weighted by Gasteiger charge is -2.27. The normalized spacial score (nSPS) is 15.8. The monoisotopic (exact) mass is 327 g/mol. The Bertz CT molecular complexity index is 465. The first-order valence-corrected chi connectivity index (χ1v) is 8.25. The number of nitrogens with zero attached hydrogens (tertiary/aromatic N) is 1. The van der Waals surface area contributed by atoms with E-state index in [0.717, 1.165) is 51.4 Å². The quantitative estimate of drug-likeness (QED) is 0.712. The van der Waals surface area contributed by atoms with Crippen LogP contribution in [-0.4, -0.2) is 57.9 Å². The van der Waals surface area contributed by atoms with Gasteiger partial charge >= 0.3 is 0 Å². The first-order chi connectivity index (χ1) is 10.7. The van der Waals surface area contributed by atoms with E-state index in [4.69, 9.17) is 21.1 Å². The summed E-state index contributed by atoms with van der Waals surface area (Å²) in [6.07, 6.45) is 0. The molecule has 1 heterocycles. The molecule has 0 unspecified atom stereocenters. The zero-order valence-electron chi connectivity index (χ0n) is 13.5. The summed E-state index contributed by atoms with van der Waals surface area (Å²) in [5.41, 5.74) is 1.11. The maximum absolute atomic E-state index is 6.26. The van der Waals surface area contributed by atoms with Gasteiger partial charge in [0, 0.05) is 45.8 Å². The van der Waals surface area contributed by atoms with Crippen LogP contribution in [0, 0.1) is 0 Å². The van der Waals surface area contributed by atoms with Gasteiger partial charge in [-0.2, -0.15) is 0 Å². The van der Waals surface area contributed by atoms with Crippen molar-refractivity contribution in [3.63, 3.8) is 0 Å². The lowest BCUT2D eigenvalue weighted by molar-refractivity contribution is 0.241. The summed E-state index contributed by atoms with van der Waals surface area (Å²) in [4.78, 5) is 2.47. The van der Waals surface area contributed by atoms with Crippen molar-refractivity contribution in [3.05, 3.63) is 22.7 Å². The predicted molar refractivity (Wildman–Crippen MR) is 90.2 cm³/mol. The number of halogens is 1. The summed E-state index contributed by atoms with van der Waals surface area (Å²) in [5, 5.41) is 7.42. The Morgan fingerprint density at radius 1 is 1.32 bits per heavy atom. The van der Waals surface area contributed by atoms with E-state index in [1.807, 2.05) is 19.1 Å². The van der Waals surface area contributed by atoms with Crippen molar-refractivity contribution in [2.45, 2.75) is 13.5 Å². The third-order valence-electron chi connectivity index (χ3n) is 3.72. The fourth-order valence-electron chi connectivity index (χ4n) is 2.59. The fraction of sp³-hybridized carbons (Fsp3) is 0.625. The Morgan fingerprint density at radius 2 is 2.09 bits per heavy atom. The molecule has 0 bridgehead atoms. The van der Waals surface area contributed by atoms with E-state index in [2.05, 4.69) is 15.5 Å². The van der Waals surface area contributed by atoms with Crippen molar-refractivity contribution in [1.82, 2.24) is 15.5 Å². The smallest absolute Gasteiger partial charge is 0.179 e. The van der Waals surface area contributed by atoms with Crippen LogP contribution in [0.2, 0.25) is 5.02 Å². The van der Waals surface area contributed by atoms with Crippen molar-refractivity contribution >= 4 is 11.6 Å². The average Bonchev–Trinajstić information content (AvgIpc) is 2.53. The number of piperazine rings is 1. The van der Waals surface area contributed by atoms with Crippen LogP contribution < -0.4 is 20.1 Å². The minimum Gasteiger partial charge on any atom is -0.491 e. The standard InChI is InChI=1S/C16H26ClN3O2/c1-3-22-15-11-13(10-14(17)16(15)21-2)12-19-6-9-20-7-4-18-5-8-20/h10-11,18-19H,3-9,12H2,1-2H3. The summed E-state index contributed by atoms with van der Waals surface area (Å²) in [6.45, 7) is 9.79. The molecule has 2 N–H and O–H groups in total. The summed E-state index contributed by atoms with van der Waals surface area (Å²) in [5.74, 6) is 1.31. The van der Waals surface area contributed by atoms with Crippen LogP contribution in [0.3, 0.4) is 0 Å². The number of hydrogen-bond donors (Lipinski definition) is 2. The van der Waals surface area contributed by atoms with Crippen molar-refractivity contribution < 1.29 is 9.47 Å². The lowest BCUT2D eigenvalue weighted by atomic mass is 10.2. The van der Waals surface area contributed by atoms with E-state index in [1.54, 1.807) is 7.11 Å². The second-order valence-corrected chi connectivity index (χ2v) is 5.72. The Hall–Kier alpha value is -1.01. The highest BCUT2D eigenvalue weighted by molar-refractivity contribution is 6.32. The minimum absolute atomic E-state index is 0.590. The maximum atomic E-state index is 6.26. The second-order valence-electron chi connectivity index (χ2n) is 5.31. The van der Waals surface area contributed by atoms with Crippen LogP contribution >= 0.6 is 11.6 Å². The Balaban J connectivity index is 1.84. The molecule has 0 atom stereocenters. The lowest BCUT2D eigenvalue weighted by Crippen LogP contribution is -2.45. The molecule has 0 aromatic heterocycles. The first kappa shape index (κ1) is 17.3. The van der Waals surface area contributed by atoms with E-state index in [0.29, 0.717) is 23.1 Å². The number of ether oxygens (including phenoxy) is 2. The van der Waals surface area contributed by atoms with Crippen LogP contribution in [0.1, 0.15) is 12.5 Å². The zero-order valence-corrected chi connectivity index (χ0v) is 14.2. The molecule has 1 aromatic rings. The summed E-state index contributed by atoms with van der Waals surface area (Å²) in [6, 6.07) is 3.92. The number of hydrogen-bond acceptors (Lipinski definition) is 5. The highest BCUT2D eigenvalue weighted by Crippen LogP contribution is 2.36. The molecule has 1 aliphatic heterocycles. The topological polar surface area (TPSA) is 45.8 Å². The van der Waals surface area contributed by atoms with Crippen LogP contribution in [-0.2, 0) is 6.54 Å². The molecule has 1 aliphatic rings. The summed E-state index contributed by atoms with van der Waals surface area (Å²) in [7, 11) is 1.61. The molecule has 6 heteroatoms. The SMILES string of the molecule is CCOc1cc(CNCCN2CCNCC2)cc(Cl)c1OC. The van der Waals surface area contributed by atoms with Crippen molar-refractivity contribution in [3.8, 4) is 11.5 Å². The summed E-state index contributed by atoms with van der Waals surface area (Å²) >= 11 is 6.26. The molecular formula is C16H26ClN3O2. The average molecular weight is 328 g/mol. The van der Waals surface area contributed by atoms with Gasteiger partial charge in [-0.25, -0.2) is 0 Å². The highest BCUT2D eigenvalue weighted by Gasteiger charge is 2.12. The third-order valence-corrected chi connectivity index (χ3v) is 4.00.